The average molecular weight is 281 g/mol. The summed E-state index contributed by atoms with van der Waals surface area (Å²) in [6, 6.07) is 12.6. The van der Waals surface area contributed by atoms with Gasteiger partial charge >= 0.3 is 0 Å². The van der Waals surface area contributed by atoms with E-state index in [0.29, 0.717) is 6.61 Å². The van der Waals surface area contributed by atoms with Crippen LogP contribution < -0.4 is 0 Å². The predicted molar refractivity (Wildman–Crippen MR) is 85.9 cm³/mol. The molecule has 0 spiro atoms. The second-order valence-corrected chi connectivity index (χ2v) is 5.47. The van der Waals surface area contributed by atoms with E-state index in [2.05, 4.69) is 37.3 Å². The molecule has 0 aromatic heterocycles. The van der Waals surface area contributed by atoms with Crippen LogP contribution in [0.5, 0.6) is 0 Å². The first-order valence-corrected chi connectivity index (χ1v) is 7.78. The van der Waals surface area contributed by atoms with Crippen LogP contribution in [0.3, 0.4) is 0 Å². The number of ether oxygens (including phenoxy) is 1. The van der Waals surface area contributed by atoms with Gasteiger partial charge in [-0.15, -0.1) is 0 Å². The molecule has 0 amide bonds. The molecule has 0 atom stereocenters. The highest BCUT2D eigenvalue weighted by atomic mass is 16.5. The molecule has 0 fully saturated rings. The summed E-state index contributed by atoms with van der Waals surface area (Å²) in [5, 5.41) is 9.42. The van der Waals surface area contributed by atoms with Crippen LogP contribution in [0, 0.1) is 11.3 Å². The number of hydrogen-bond donors (Lipinski definition) is 0. The molecule has 110 valence electrons. The van der Waals surface area contributed by atoms with Crippen molar-refractivity contribution >= 4 is 0 Å². The quantitative estimate of drug-likeness (QED) is 0.533. The van der Waals surface area contributed by atoms with Gasteiger partial charge in [-0.3, -0.25) is 0 Å². The molecule has 0 saturated heterocycles. The van der Waals surface area contributed by atoms with Crippen LogP contribution in [0.4, 0.5) is 0 Å². The first kappa shape index (κ1) is 15.5. The van der Waals surface area contributed by atoms with Crippen molar-refractivity contribution in [3.8, 4) is 6.07 Å². The molecule has 0 aliphatic heterocycles. The van der Waals surface area contributed by atoms with Crippen LogP contribution >= 0.6 is 0 Å². The molecule has 0 N–H and O–H groups in total. The topological polar surface area (TPSA) is 33.0 Å². The van der Waals surface area contributed by atoms with E-state index in [1.807, 2.05) is 30.4 Å². The molecule has 2 heteroatoms. The van der Waals surface area contributed by atoms with Crippen LogP contribution in [0.15, 0.2) is 54.6 Å². The Labute approximate surface area is 127 Å². The van der Waals surface area contributed by atoms with Crippen molar-refractivity contribution in [2.75, 3.05) is 6.61 Å². The van der Waals surface area contributed by atoms with E-state index in [4.69, 9.17) is 4.74 Å². The fraction of sp³-hybridized carbons (Fsp3) is 0.421. The normalized spacial score (nSPS) is 23.9. The lowest BCUT2D eigenvalue weighted by Gasteiger charge is -2.24. The van der Waals surface area contributed by atoms with Crippen LogP contribution in [-0.4, -0.2) is 12.2 Å². The highest BCUT2D eigenvalue weighted by molar-refractivity contribution is 5.39. The second-order valence-electron chi connectivity index (χ2n) is 5.47. The van der Waals surface area contributed by atoms with Gasteiger partial charge in [0.05, 0.1) is 0 Å². The van der Waals surface area contributed by atoms with Crippen molar-refractivity contribution in [3.63, 3.8) is 0 Å². The molecule has 1 aromatic rings. The first-order chi connectivity index (χ1) is 10.3. The number of hydrogen-bond acceptors (Lipinski definition) is 2. The minimum atomic E-state index is -0.877. The number of rotatable bonds is 7. The predicted octanol–water partition coefficient (Wildman–Crippen LogP) is 4.76. The van der Waals surface area contributed by atoms with E-state index < -0.39 is 5.60 Å². The smallest absolute Gasteiger partial charge is 0.191 e. The van der Waals surface area contributed by atoms with Crippen molar-refractivity contribution in [2.45, 2.75) is 44.1 Å². The van der Waals surface area contributed by atoms with E-state index in [-0.39, 0.29) is 5.92 Å². The van der Waals surface area contributed by atoms with Crippen molar-refractivity contribution in [1.82, 2.24) is 0 Å². The highest BCUT2D eigenvalue weighted by Gasteiger charge is 2.27. The lowest BCUT2D eigenvalue weighted by atomic mass is 9.89. The number of nitrogens with zero attached hydrogens (tertiary/aromatic N) is 1. The van der Waals surface area contributed by atoms with Gasteiger partial charge in [-0.05, 0) is 24.1 Å². The zero-order valence-electron chi connectivity index (χ0n) is 12.7. The molecule has 1 aliphatic carbocycles. The van der Waals surface area contributed by atoms with Gasteiger partial charge in [0, 0.05) is 12.5 Å². The van der Waals surface area contributed by atoms with E-state index >= 15 is 0 Å². The highest BCUT2D eigenvalue weighted by Crippen LogP contribution is 2.28. The maximum Gasteiger partial charge on any atom is 0.191 e. The molecule has 1 aliphatic rings. The molecule has 1 aromatic carbocycles. The van der Waals surface area contributed by atoms with Crippen molar-refractivity contribution in [1.29, 1.82) is 5.26 Å². The van der Waals surface area contributed by atoms with Crippen LogP contribution in [0.1, 0.15) is 44.1 Å². The first-order valence-electron chi connectivity index (χ1n) is 7.78. The van der Waals surface area contributed by atoms with E-state index in [9.17, 15) is 5.26 Å². The Bertz CT molecular complexity index is 510. The summed E-state index contributed by atoms with van der Waals surface area (Å²) in [6.45, 7) is 2.83. The Morgan fingerprint density at radius 3 is 2.43 bits per heavy atom. The molecular formula is C19H23NO. The lowest BCUT2D eigenvalue weighted by Crippen LogP contribution is -2.28. The third kappa shape index (κ3) is 4.31. The van der Waals surface area contributed by atoms with Crippen LogP contribution in [-0.2, 0) is 4.74 Å². The maximum absolute atomic E-state index is 9.42. The lowest BCUT2D eigenvalue weighted by molar-refractivity contribution is 0.0630. The molecular weight excluding hydrogens is 258 g/mol. The fourth-order valence-electron chi connectivity index (χ4n) is 2.48. The Balaban J connectivity index is 1.92. The van der Waals surface area contributed by atoms with Crippen molar-refractivity contribution in [3.05, 3.63) is 60.2 Å². The molecule has 0 bridgehead atoms. The second kappa shape index (κ2) is 7.81. The minimum Gasteiger partial charge on any atom is -0.353 e. The van der Waals surface area contributed by atoms with Gasteiger partial charge in [0.15, 0.2) is 5.60 Å². The molecule has 0 saturated carbocycles. The molecule has 0 unspecified atom stereocenters. The molecule has 0 radical (unpaired) electrons. The van der Waals surface area contributed by atoms with Gasteiger partial charge in [0.2, 0.25) is 0 Å². The van der Waals surface area contributed by atoms with Gasteiger partial charge in [-0.2, -0.15) is 5.26 Å². The number of allylic oxidation sites excluding steroid dienone is 2. The zero-order valence-corrected chi connectivity index (χ0v) is 12.7. The number of unbranched alkanes of at least 4 members (excludes halogenated alkanes) is 3. The van der Waals surface area contributed by atoms with Crippen LogP contribution in [0.25, 0.3) is 0 Å². The summed E-state index contributed by atoms with van der Waals surface area (Å²) < 4.78 is 5.82. The summed E-state index contributed by atoms with van der Waals surface area (Å²) in [5.74, 6) is 0.233. The number of nitriles is 1. The molecule has 0 heterocycles. The third-order valence-electron chi connectivity index (χ3n) is 3.80. The zero-order chi connectivity index (χ0) is 15.0. The summed E-state index contributed by atoms with van der Waals surface area (Å²) in [5.41, 5.74) is 0.358. The standard InChI is InChI=1S/C19H23NO/c1-2-3-4-8-15-21-19(16-20)13-11-18(12-14-19)17-9-6-5-7-10-17/h5-7,9-14,18H,2-4,8,15H2,1H3. The van der Waals surface area contributed by atoms with Crippen LogP contribution in [0.2, 0.25) is 0 Å². The number of benzene rings is 1. The van der Waals surface area contributed by atoms with Gasteiger partial charge in [0.1, 0.15) is 6.07 Å². The van der Waals surface area contributed by atoms with Crippen molar-refractivity contribution < 1.29 is 4.74 Å². The molecule has 21 heavy (non-hydrogen) atoms. The molecule has 2 rings (SSSR count). The van der Waals surface area contributed by atoms with Gasteiger partial charge in [-0.25, -0.2) is 0 Å². The summed E-state index contributed by atoms with van der Waals surface area (Å²) >= 11 is 0. The summed E-state index contributed by atoms with van der Waals surface area (Å²) in [6.07, 6.45) is 12.5. The Kier molecular flexibility index (Phi) is 5.78. The van der Waals surface area contributed by atoms with E-state index in [1.54, 1.807) is 0 Å². The summed E-state index contributed by atoms with van der Waals surface area (Å²) in [7, 11) is 0. The monoisotopic (exact) mass is 281 g/mol. The fourth-order valence-corrected chi connectivity index (χ4v) is 2.48. The third-order valence-corrected chi connectivity index (χ3v) is 3.80. The molecule has 2 nitrogen and oxygen atoms in total. The average Bonchev–Trinajstić information content (AvgIpc) is 2.56. The SMILES string of the molecule is CCCCCCOC1(C#N)C=CC(c2ccccc2)C=C1. The Morgan fingerprint density at radius 1 is 1.10 bits per heavy atom. The Hall–Kier alpha value is -1.85. The Morgan fingerprint density at radius 2 is 1.81 bits per heavy atom. The van der Waals surface area contributed by atoms with Gasteiger partial charge in [-0.1, -0.05) is 68.7 Å². The van der Waals surface area contributed by atoms with E-state index in [0.717, 1.165) is 12.8 Å². The van der Waals surface area contributed by atoms with E-state index in [1.165, 1.54) is 18.4 Å². The summed E-state index contributed by atoms with van der Waals surface area (Å²) in [4.78, 5) is 0. The van der Waals surface area contributed by atoms with Crippen molar-refractivity contribution in [2.24, 2.45) is 0 Å². The van der Waals surface area contributed by atoms with Gasteiger partial charge in [0.25, 0.3) is 0 Å². The van der Waals surface area contributed by atoms with Gasteiger partial charge < -0.3 is 4.74 Å². The largest absolute Gasteiger partial charge is 0.353 e. The minimum absolute atomic E-state index is 0.233. The maximum atomic E-state index is 9.42.